The highest BCUT2D eigenvalue weighted by Gasteiger charge is 2.41. The van der Waals surface area contributed by atoms with Crippen molar-refractivity contribution >= 4 is 17.8 Å². The lowest BCUT2D eigenvalue weighted by Crippen LogP contribution is -2.48. The van der Waals surface area contributed by atoms with Crippen molar-refractivity contribution in [3.63, 3.8) is 0 Å². The Morgan fingerprint density at radius 2 is 1.54 bits per heavy atom. The molecule has 0 saturated carbocycles. The Labute approximate surface area is 202 Å². The highest BCUT2D eigenvalue weighted by Crippen LogP contribution is 2.31. The van der Waals surface area contributed by atoms with E-state index in [1.165, 1.54) is 17.0 Å². The summed E-state index contributed by atoms with van der Waals surface area (Å²) in [5.74, 6) is -1.49. The lowest BCUT2D eigenvalue weighted by atomic mass is 9.82. The molecule has 35 heavy (non-hydrogen) atoms. The van der Waals surface area contributed by atoms with Gasteiger partial charge in [-0.1, -0.05) is 36.4 Å². The number of rotatable bonds is 8. The summed E-state index contributed by atoms with van der Waals surface area (Å²) in [6.07, 6.45) is -2.75. The van der Waals surface area contributed by atoms with Gasteiger partial charge in [-0.15, -0.1) is 0 Å². The van der Waals surface area contributed by atoms with E-state index in [0.717, 1.165) is 23.3 Å². The van der Waals surface area contributed by atoms with Crippen LogP contribution >= 0.6 is 0 Å². The normalized spacial score (nSPS) is 16.3. The first-order valence-corrected chi connectivity index (χ1v) is 11.5. The highest BCUT2D eigenvalue weighted by molar-refractivity contribution is 5.91. The van der Waals surface area contributed by atoms with Crippen molar-refractivity contribution in [2.75, 3.05) is 13.1 Å². The van der Waals surface area contributed by atoms with Crippen LogP contribution in [0.3, 0.4) is 0 Å². The standard InChI is InChI=1S/C26H29F3N2O4/c1-25(2,24(35)31-15-3-4-21(31)23(33)34)19-9-5-17(6-10-19)13-14-30-22(32)16-18-7-11-20(12-8-18)26(27,28)29/h5-12,21H,3-4,13-16H2,1-2H3,(H,30,32)(H,33,34)/t21-/m1/s1. The van der Waals surface area contributed by atoms with E-state index in [4.69, 9.17) is 0 Å². The number of likely N-dealkylation sites (tertiary alicyclic amines) is 1. The number of halogens is 3. The molecule has 2 aromatic rings. The number of benzene rings is 2. The van der Waals surface area contributed by atoms with E-state index in [1.807, 2.05) is 24.3 Å². The van der Waals surface area contributed by atoms with Crippen LogP contribution < -0.4 is 5.32 Å². The number of amides is 2. The third-order valence-corrected chi connectivity index (χ3v) is 6.39. The molecule has 6 nitrogen and oxygen atoms in total. The first-order valence-electron chi connectivity index (χ1n) is 11.5. The van der Waals surface area contributed by atoms with E-state index in [1.54, 1.807) is 13.8 Å². The zero-order valence-electron chi connectivity index (χ0n) is 19.7. The highest BCUT2D eigenvalue weighted by atomic mass is 19.4. The molecular formula is C26H29F3N2O4. The summed E-state index contributed by atoms with van der Waals surface area (Å²) in [4.78, 5) is 38.1. The third kappa shape index (κ3) is 6.41. The molecule has 1 saturated heterocycles. The molecule has 9 heteroatoms. The Bertz CT molecular complexity index is 1060. The van der Waals surface area contributed by atoms with Crippen LogP contribution in [0, 0.1) is 0 Å². The average molecular weight is 491 g/mol. The monoisotopic (exact) mass is 490 g/mol. The molecule has 0 unspecified atom stereocenters. The predicted octanol–water partition coefficient (Wildman–Crippen LogP) is 3.96. The molecule has 1 aliphatic heterocycles. The molecule has 1 fully saturated rings. The van der Waals surface area contributed by atoms with Crippen LogP contribution in [0.4, 0.5) is 13.2 Å². The van der Waals surface area contributed by atoms with Gasteiger partial charge in [-0.25, -0.2) is 4.79 Å². The Balaban J connectivity index is 1.51. The lowest BCUT2D eigenvalue weighted by molar-refractivity contribution is -0.150. The average Bonchev–Trinajstić information content (AvgIpc) is 3.29. The number of hydrogen-bond acceptors (Lipinski definition) is 3. The minimum Gasteiger partial charge on any atom is -0.480 e. The van der Waals surface area contributed by atoms with Crippen molar-refractivity contribution < 1.29 is 32.7 Å². The van der Waals surface area contributed by atoms with Crippen LogP contribution in [0.25, 0.3) is 0 Å². The van der Waals surface area contributed by atoms with Gasteiger partial charge in [0.2, 0.25) is 11.8 Å². The Hall–Kier alpha value is -3.36. The summed E-state index contributed by atoms with van der Waals surface area (Å²) in [6.45, 7) is 4.35. The predicted molar refractivity (Wildman–Crippen MR) is 124 cm³/mol. The van der Waals surface area contributed by atoms with E-state index in [2.05, 4.69) is 5.32 Å². The van der Waals surface area contributed by atoms with Crippen molar-refractivity contribution in [2.45, 2.75) is 57.2 Å². The molecule has 3 rings (SSSR count). The molecule has 0 aliphatic carbocycles. The van der Waals surface area contributed by atoms with Crippen molar-refractivity contribution in [1.82, 2.24) is 10.2 Å². The summed E-state index contributed by atoms with van der Waals surface area (Å²) in [6, 6.07) is 11.1. The number of carbonyl (C=O) groups is 3. The van der Waals surface area contributed by atoms with Crippen molar-refractivity contribution in [3.8, 4) is 0 Å². The van der Waals surface area contributed by atoms with Crippen LogP contribution in [-0.4, -0.2) is 46.9 Å². The summed E-state index contributed by atoms with van der Waals surface area (Å²) < 4.78 is 37.9. The fourth-order valence-electron chi connectivity index (χ4n) is 4.24. The molecule has 188 valence electrons. The van der Waals surface area contributed by atoms with Crippen molar-refractivity contribution in [3.05, 3.63) is 70.8 Å². The first kappa shape index (κ1) is 26.2. The fraction of sp³-hybridized carbons (Fsp3) is 0.423. The summed E-state index contributed by atoms with van der Waals surface area (Å²) >= 11 is 0. The smallest absolute Gasteiger partial charge is 0.416 e. The van der Waals surface area contributed by atoms with Gasteiger partial charge in [0.25, 0.3) is 0 Å². The van der Waals surface area contributed by atoms with Crippen LogP contribution in [-0.2, 0) is 38.8 Å². The van der Waals surface area contributed by atoms with Gasteiger partial charge in [-0.05, 0) is 61.9 Å². The molecule has 1 atom stereocenters. The minimum atomic E-state index is -4.41. The van der Waals surface area contributed by atoms with Gasteiger partial charge in [0.05, 0.1) is 17.4 Å². The van der Waals surface area contributed by atoms with Gasteiger partial charge in [-0.3, -0.25) is 9.59 Å². The second-order valence-electron chi connectivity index (χ2n) is 9.29. The van der Waals surface area contributed by atoms with Crippen molar-refractivity contribution in [2.24, 2.45) is 0 Å². The van der Waals surface area contributed by atoms with Crippen LogP contribution in [0.2, 0.25) is 0 Å². The number of carboxylic acid groups (broad SMARTS) is 1. The maximum absolute atomic E-state index is 13.1. The zero-order chi connectivity index (χ0) is 25.8. The number of hydrogen-bond donors (Lipinski definition) is 2. The van der Waals surface area contributed by atoms with Crippen molar-refractivity contribution in [1.29, 1.82) is 0 Å². The Kier molecular flexibility index (Phi) is 7.87. The van der Waals surface area contributed by atoms with Gasteiger partial charge < -0.3 is 15.3 Å². The Morgan fingerprint density at radius 1 is 0.971 bits per heavy atom. The summed E-state index contributed by atoms with van der Waals surface area (Å²) in [5.41, 5.74) is 0.573. The number of nitrogens with zero attached hydrogens (tertiary/aromatic N) is 1. The SMILES string of the molecule is CC(C)(C(=O)N1CCC[C@@H]1C(=O)O)c1ccc(CCNC(=O)Cc2ccc(C(F)(F)F)cc2)cc1. The van der Waals surface area contributed by atoms with Gasteiger partial charge in [0, 0.05) is 13.1 Å². The molecule has 2 N–H and O–H groups in total. The second-order valence-corrected chi connectivity index (χ2v) is 9.29. The van der Waals surface area contributed by atoms with E-state index < -0.39 is 29.2 Å². The minimum absolute atomic E-state index is 0.0127. The van der Waals surface area contributed by atoms with Gasteiger partial charge in [0.15, 0.2) is 0 Å². The lowest BCUT2D eigenvalue weighted by Gasteiger charge is -2.32. The third-order valence-electron chi connectivity index (χ3n) is 6.39. The number of alkyl halides is 3. The van der Waals surface area contributed by atoms with E-state index in [0.29, 0.717) is 37.9 Å². The number of nitrogens with one attached hydrogen (secondary N) is 1. The molecule has 0 radical (unpaired) electrons. The molecule has 0 bridgehead atoms. The first-order chi connectivity index (χ1) is 16.4. The summed E-state index contributed by atoms with van der Waals surface area (Å²) in [5, 5.41) is 12.1. The largest absolute Gasteiger partial charge is 0.480 e. The molecule has 1 heterocycles. The fourth-order valence-corrected chi connectivity index (χ4v) is 4.24. The van der Waals surface area contributed by atoms with Gasteiger partial charge in [0.1, 0.15) is 6.04 Å². The van der Waals surface area contributed by atoms with Gasteiger partial charge in [-0.2, -0.15) is 13.2 Å². The number of aliphatic carboxylic acids is 1. The van der Waals surface area contributed by atoms with E-state index in [-0.39, 0.29) is 18.2 Å². The molecule has 2 amide bonds. The van der Waals surface area contributed by atoms with E-state index in [9.17, 15) is 32.7 Å². The molecule has 0 aromatic heterocycles. The second kappa shape index (κ2) is 10.5. The molecule has 0 spiro atoms. The molecule has 1 aliphatic rings. The maximum Gasteiger partial charge on any atom is 0.416 e. The maximum atomic E-state index is 13.1. The van der Waals surface area contributed by atoms with Gasteiger partial charge >= 0.3 is 12.1 Å². The van der Waals surface area contributed by atoms with Crippen LogP contribution in [0.1, 0.15) is 48.9 Å². The summed E-state index contributed by atoms with van der Waals surface area (Å²) in [7, 11) is 0. The number of carbonyl (C=O) groups excluding carboxylic acids is 2. The number of carboxylic acids is 1. The zero-order valence-corrected chi connectivity index (χ0v) is 19.7. The van der Waals surface area contributed by atoms with Crippen LogP contribution in [0.5, 0.6) is 0 Å². The molecular weight excluding hydrogens is 461 g/mol. The van der Waals surface area contributed by atoms with Crippen LogP contribution in [0.15, 0.2) is 48.5 Å². The quantitative estimate of drug-likeness (QED) is 0.587. The van der Waals surface area contributed by atoms with E-state index >= 15 is 0 Å². The Morgan fingerprint density at radius 3 is 2.11 bits per heavy atom. The topological polar surface area (TPSA) is 86.7 Å². The molecule has 2 aromatic carbocycles.